The van der Waals surface area contributed by atoms with Gasteiger partial charge in [-0.1, -0.05) is 5.16 Å². The number of nitrogens with one attached hydrogen (secondary N) is 1. The van der Waals surface area contributed by atoms with Crippen molar-refractivity contribution in [2.75, 3.05) is 12.8 Å². The quantitative estimate of drug-likeness (QED) is 0.866. The van der Waals surface area contributed by atoms with Crippen LogP contribution in [0.4, 0.5) is 5.69 Å². The molecule has 20 heavy (non-hydrogen) atoms. The molecule has 4 saturated carbocycles. The minimum absolute atomic E-state index is 0.0780. The van der Waals surface area contributed by atoms with E-state index in [1.165, 1.54) is 38.5 Å². The number of aromatic nitrogens is 1. The molecule has 0 aromatic carbocycles. The van der Waals surface area contributed by atoms with Gasteiger partial charge in [0.05, 0.1) is 0 Å². The fourth-order valence-corrected chi connectivity index (χ4v) is 5.36. The van der Waals surface area contributed by atoms with Crippen LogP contribution in [0.15, 0.2) is 4.52 Å². The minimum atomic E-state index is -0.286. The van der Waals surface area contributed by atoms with Gasteiger partial charge in [-0.05, 0) is 56.3 Å². The number of anilines is 1. The Morgan fingerprint density at radius 3 is 2.30 bits per heavy atom. The monoisotopic (exact) mass is 275 g/mol. The molecule has 0 saturated heterocycles. The Morgan fingerprint density at radius 1 is 1.25 bits per heavy atom. The molecule has 1 aromatic rings. The molecular weight excluding hydrogens is 254 g/mol. The summed E-state index contributed by atoms with van der Waals surface area (Å²) in [5.74, 6) is 2.35. The van der Waals surface area contributed by atoms with Crippen LogP contribution in [0.2, 0.25) is 0 Å². The molecule has 0 radical (unpaired) electrons. The summed E-state index contributed by atoms with van der Waals surface area (Å²) in [6, 6.07) is 0. The molecule has 4 fully saturated rings. The SMILES string of the molecule is CNC(=O)c1onc(C23CC4CC(CC(C4)C2)C3)c1N. The highest BCUT2D eigenvalue weighted by Gasteiger charge is 2.54. The first-order valence-electron chi connectivity index (χ1n) is 7.59. The van der Waals surface area contributed by atoms with Crippen LogP contribution in [0.5, 0.6) is 0 Å². The molecule has 0 atom stereocenters. The van der Waals surface area contributed by atoms with E-state index in [1.54, 1.807) is 7.05 Å². The third-order valence-electron chi connectivity index (χ3n) is 5.70. The summed E-state index contributed by atoms with van der Waals surface area (Å²) in [6.45, 7) is 0. The summed E-state index contributed by atoms with van der Waals surface area (Å²) in [5.41, 5.74) is 7.58. The molecule has 108 valence electrons. The van der Waals surface area contributed by atoms with Crippen LogP contribution < -0.4 is 11.1 Å². The van der Waals surface area contributed by atoms with E-state index in [-0.39, 0.29) is 17.1 Å². The molecule has 0 unspecified atom stereocenters. The van der Waals surface area contributed by atoms with E-state index in [2.05, 4.69) is 10.5 Å². The molecule has 4 bridgehead atoms. The first kappa shape index (κ1) is 12.2. The lowest BCUT2D eigenvalue weighted by molar-refractivity contribution is -0.00816. The van der Waals surface area contributed by atoms with Gasteiger partial charge < -0.3 is 15.6 Å². The van der Waals surface area contributed by atoms with Crippen molar-refractivity contribution >= 4 is 11.6 Å². The number of carbonyl (C=O) groups is 1. The number of hydrogen-bond acceptors (Lipinski definition) is 4. The first-order chi connectivity index (χ1) is 9.61. The number of rotatable bonds is 2. The standard InChI is InChI=1S/C15H21N3O2/c1-17-14(19)12-11(16)13(18-20-12)15-5-8-2-9(6-15)4-10(3-8)7-15/h8-10H,2-7,16H2,1H3,(H,17,19). The highest BCUT2D eigenvalue weighted by molar-refractivity contribution is 5.96. The zero-order valence-corrected chi connectivity index (χ0v) is 11.8. The van der Waals surface area contributed by atoms with E-state index >= 15 is 0 Å². The Labute approximate surface area is 118 Å². The van der Waals surface area contributed by atoms with E-state index < -0.39 is 0 Å². The van der Waals surface area contributed by atoms with Gasteiger partial charge in [0.2, 0.25) is 5.76 Å². The average Bonchev–Trinajstić information content (AvgIpc) is 2.79. The van der Waals surface area contributed by atoms with Gasteiger partial charge in [0, 0.05) is 12.5 Å². The number of nitrogen functional groups attached to an aromatic ring is 1. The van der Waals surface area contributed by atoms with Crippen molar-refractivity contribution in [2.45, 2.75) is 43.9 Å². The zero-order valence-electron chi connectivity index (χ0n) is 11.8. The van der Waals surface area contributed by atoms with Crippen LogP contribution in [0.3, 0.4) is 0 Å². The number of nitrogens with two attached hydrogens (primary N) is 1. The minimum Gasteiger partial charge on any atom is -0.394 e. The second kappa shape index (κ2) is 3.99. The van der Waals surface area contributed by atoms with Gasteiger partial charge >= 0.3 is 0 Å². The van der Waals surface area contributed by atoms with Crippen LogP contribution >= 0.6 is 0 Å². The smallest absolute Gasteiger partial charge is 0.291 e. The second-order valence-corrected chi connectivity index (χ2v) is 7.05. The van der Waals surface area contributed by atoms with Crippen molar-refractivity contribution in [1.29, 1.82) is 0 Å². The molecule has 5 nitrogen and oxygen atoms in total. The number of nitrogens with zero attached hydrogens (tertiary/aromatic N) is 1. The van der Waals surface area contributed by atoms with Gasteiger partial charge in [-0.15, -0.1) is 0 Å². The predicted octanol–water partition coefficient (Wildman–Crippen LogP) is 2.08. The third-order valence-corrected chi connectivity index (χ3v) is 5.70. The summed E-state index contributed by atoms with van der Waals surface area (Å²) < 4.78 is 5.25. The van der Waals surface area contributed by atoms with Crippen LogP contribution in [0.1, 0.15) is 54.8 Å². The average molecular weight is 275 g/mol. The molecule has 4 aliphatic rings. The second-order valence-electron chi connectivity index (χ2n) is 7.05. The van der Waals surface area contributed by atoms with Crippen LogP contribution in [-0.2, 0) is 5.41 Å². The van der Waals surface area contributed by atoms with Crippen LogP contribution in [0.25, 0.3) is 0 Å². The summed E-state index contributed by atoms with van der Waals surface area (Å²) >= 11 is 0. The van der Waals surface area contributed by atoms with Gasteiger partial charge in [0.15, 0.2) is 0 Å². The predicted molar refractivity (Wildman–Crippen MR) is 74.2 cm³/mol. The lowest BCUT2D eigenvalue weighted by Gasteiger charge is -2.56. The molecule has 1 heterocycles. The lowest BCUT2D eigenvalue weighted by atomic mass is 9.48. The van der Waals surface area contributed by atoms with Gasteiger partial charge in [-0.25, -0.2) is 0 Å². The molecule has 0 aliphatic heterocycles. The van der Waals surface area contributed by atoms with E-state index in [0.29, 0.717) is 5.69 Å². The topological polar surface area (TPSA) is 81.2 Å². The molecule has 3 N–H and O–H groups in total. The molecule has 1 aromatic heterocycles. The Hall–Kier alpha value is -1.52. The number of carbonyl (C=O) groups excluding carboxylic acids is 1. The van der Waals surface area contributed by atoms with Crippen LogP contribution in [0, 0.1) is 17.8 Å². The molecule has 5 rings (SSSR count). The van der Waals surface area contributed by atoms with Crippen LogP contribution in [-0.4, -0.2) is 18.1 Å². The van der Waals surface area contributed by atoms with Gasteiger partial charge in [-0.2, -0.15) is 0 Å². The van der Waals surface area contributed by atoms with Crippen molar-refractivity contribution in [2.24, 2.45) is 17.8 Å². The highest BCUT2D eigenvalue weighted by atomic mass is 16.5. The van der Waals surface area contributed by atoms with Gasteiger partial charge in [-0.3, -0.25) is 4.79 Å². The molecule has 5 heteroatoms. The molecule has 1 amide bonds. The van der Waals surface area contributed by atoms with Crippen molar-refractivity contribution in [3.8, 4) is 0 Å². The summed E-state index contributed by atoms with van der Waals surface area (Å²) in [5, 5.41) is 6.77. The summed E-state index contributed by atoms with van der Waals surface area (Å²) in [4.78, 5) is 11.7. The lowest BCUT2D eigenvalue weighted by Crippen LogP contribution is -2.49. The molecule has 4 aliphatic carbocycles. The highest BCUT2D eigenvalue weighted by Crippen LogP contribution is 2.61. The Kier molecular flexibility index (Phi) is 2.44. The maximum atomic E-state index is 11.7. The normalized spacial score (nSPS) is 38.1. The van der Waals surface area contributed by atoms with E-state index in [0.717, 1.165) is 23.4 Å². The Balaban J connectivity index is 1.74. The van der Waals surface area contributed by atoms with Crippen molar-refractivity contribution in [1.82, 2.24) is 10.5 Å². The third kappa shape index (κ3) is 1.55. The Morgan fingerprint density at radius 2 is 1.80 bits per heavy atom. The van der Waals surface area contributed by atoms with E-state index in [4.69, 9.17) is 10.3 Å². The first-order valence-corrected chi connectivity index (χ1v) is 7.59. The summed E-state index contributed by atoms with van der Waals surface area (Å²) in [7, 11) is 1.58. The maximum Gasteiger partial charge on any atom is 0.291 e. The van der Waals surface area contributed by atoms with Crippen molar-refractivity contribution in [3.05, 3.63) is 11.5 Å². The Bertz CT molecular complexity index is 528. The van der Waals surface area contributed by atoms with Crippen molar-refractivity contribution < 1.29 is 9.32 Å². The largest absolute Gasteiger partial charge is 0.394 e. The summed E-state index contributed by atoms with van der Waals surface area (Å²) in [6.07, 6.45) is 7.63. The number of amides is 1. The van der Waals surface area contributed by atoms with Gasteiger partial charge in [0.25, 0.3) is 5.91 Å². The fourth-order valence-electron chi connectivity index (χ4n) is 5.36. The van der Waals surface area contributed by atoms with E-state index in [9.17, 15) is 4.79 Å². The molecule has 0 spiro atoms. The number of hydrogen-bond donors (Lipinski definition) is 2. The fraction of sp³-hybridized carbons (Fsp3) is 0.733. The maximum absolute atomic E-state index is 11.7. The zero-order chi connectivity index (χ0) is 13.9. The van der Waals surface area contributed by atoms with E-state index in [1.807, 2.05) is 0 Å². The molecular formula is C15H21N3O2. The van der Waals surface area contributed by atoms with Crippen molar-refractivity contribution in [3.63, 3.8) is 0 Å². The van der Waals surface area contributed by atoms with Gasteiger partial charge in [0.1, 0.15) is 11.4 Å².